The number of amides is 1. The number of esters is 1. The fraction of sp³-hybridized carbons (Fsp3) is 0.818. The third-order valence-corrected chi connectivity index (χ3v) is 13.2. The molecule has 1 saturated carbocycles. The maximum atomic E-state index is 14.3. The van der Waals surface area contributed by atoms with Gasteiger partial charge >= 0.3 is 5.97 Å². The Bertz CT molecular complexity index is 1440. The zero-order valence-electron chi connectivity index (χ0n) is 35.7. The quantitative estimate of drug-likeness (QED) is 0.188. The van der Waals surface area contributed by atoms with Crippen molar-refractivity contribution >= 4 is 23.4 Å². The molecule has 0 aromatic rings. The number of hydrogen-bond donors (Lipinski definition) is 2. The summed E-state index contributed by atoms with van der Waals surface area (Å²) in [6.07, 6.45) is 7.47. The highest BCUT2D eigenvalue weighted by molar-refractivity contribution is 6.39. The van der Waals surface area contributed by atoms with E-state index in [0.29, 0.717) is 64.2 Å². The van der Waals surface area contributed by atoms with Gasteiger partial charge < -0.3 is 38.8 Å². The van der Waals surface area contributed by atoms with Crippen LogP contribution in [0, 0.1) is 29.6 Å². The highest BCUT2D eigenvalue weighted by Crippen LogP contribution is 2.40. The zero-order valence-corrected chi connectivity index (χ0v) is 35.7. The number of rotatable bonds is 6. The molecule has 0 spiro atoms. The predicted molar refractivity (Wildman–Crippen MR) is 211 cm³/mol. The van der Waals surface area contributed by atoms with Crippen molar-refractivity contribution in [3.05, 3.63) is 23.3 Å². The fourth-order valence-electron chi connectivity index (χ4n) is 9.63. The fourth-order valence-corrected chi connectivity index (χ4v) is 9.63. The molecular formula is C44H71NO11. The molecule has 3 fully saturated rings. The summed E-state index contributed by atoms with van der Waals surface area (Å²) in [4.78, 5) is 57.7. The molecule has 2 saturated heterocycles. The van der Waals surface area contributed by atoms with Crippen molar-refractivity contribution in [3.63, 3.8) is 0 Å². The number of methoxy groups -OCH3 is 3. The van der Waals surface area contributed by atoms with Crippen molar-refractivity contribution in [1.82, 2.24) is 4.90 Å². The second-order valence-corrected chi connectivity index (χ2v) is 17.7. The van der Waals surface area contributed by atoms with Crippen LogP contribution in [0.25, 0.3) is 0 Å². The first kappa shape index (κ1) is 46.2. The Hall–Kier alpha value is -2.48. The molecule has 3 heterocycles. The standard InChI is InChI=1S/C44H71NO11/c1-11-32-21-26(2)20-27(3)22-35(52-8)39-36(53-9)24-30(6)44(51,56-39)40(47)41(48)45-19-13-12-14-33(45)42(49)55-38(28(4)15-16-34(32)46)29(5)23-31-17-18-43(7,50)37(25-31)54-10/h21,23,27-28,30-33,35-39,50-51H,11-20,22,24-25H2,1-10H3/b26-21+,29-23?. The molecule has 0 aromatic heterocycles. The van der Waals surface area contributed by atoms with Gasteiger partial charge in [0.1, 0.15) is 24.0 Å². The highest BCUT2D eigenvalue weighted by Gasteiger charge is 2.56. The van der Waals surface area contributed by atoms with Crippen LogP contribution in [0.2, 0.25) is 0 Å². The first-order valence-electron chi connectivity index (χ1n) is 21.1. The molecule has 0 radical (unpaired) electrons. The summed E-state index contributed by atoms with van der Waals surface area (Å²) in [5.74, 6) is -6.22. The van der Waals surface area contributed by atoms with Crippen LogP contribution in [-0.2, 0) is 42.9 Å². The smallest absolute Gasteiger partial charge is 0.329 e. The molecule has 4 rings (SSSR count). The third kappa shape index (κ3) is 10.8. The molecule has 56 heavy (non-hydrogen) atoms. The average molecular weight is 790 g/mol. The van der Waals surface area contributed by atoms with Gasteiger partial charge in [-0.3, -0.25) is 14.4 Å². The van der Waals surface area contributed by atoms with Crippen molar-refractivity contribution in [2.45, 2.75) is 173 Å². The van der Waals surface area contributed by atoms with E-state index < -0.39 is 65.4 Å². The molecule has 318 valence electrons. The van der Waals surface area contributed by atoms with E-state index in [2.05, 4.69) is 19.1 Å². The van der Waals surface area contributed by atoms with Crippen molar-refractivity contribution in [2.24, 2.45) is 29.6 Å². The van der Waals surface area contributed by atoms with Gasteiger partial charge in [0.05, 0.1) is 23.9 Å². The minimum Gasteiger partial charge on any atom is -0.456 e. The summed E-state index contributed by atoms with van der Waals surface area (Å²) in [6, 6.07) is -1.05. The van der Waals surface area contributed by atoms with E-state index >= 15 is 0 Å². The zero-order chi connectivity index (χ0) is 41.5. The minimum absolute atomic E-state index is 0.0701. The van der Waals surface area contributed by atoms with E-state index in [4.69, 9.17) is 23.7 Å². The van der Waals surface area contributed by atoms with Gasteiger partial charge in [0.2, 0.25) is 5.79 Å². The second kappa shape index (κ2) is 20.0. The predicted octanol–water partition coefficient (Wildman–Crippen LogP) is 5.89. The number of cyclic esters (lactones) is 1. The van der Waals surface area contributed by atoms with Crippen LogP contribution in [0.3, 0.4) is 0 Å². The lowest BCUT2D eigenvalue weighted by molar-refractivity contribution is -0.302. The Morgan fingerprint density at radius 1 is 0.964 bits per heavy atom. The minimum atomic E-state index is -2.47. The number of fused-ring (bicyclic) bond motifs is 3. The molecule has 1 amide bonds. The lowest BCUT2D eigenvalue weighted by atomic mass is 9.76. The number of hydrogen-bond acceptors (Lipinski definition) is 11. The number of ether oxygens (including phenoxy) is 5. The summed E-state index contributed by atoms with van der Waals surface area (Å²) in [5.41, 5.74) is 0.961. The van der Waals surface area contributed by atoms with Crippen molar-refractivity contribution in [1.29, 1.82) is 0 Å². The van der Waals surface area contributed by atoms with Gasteiger partial charge in [-0.25, -0.2) is 4.79 Å². The number of carbonyl (C=O) groups excluding carboxylic acids is 4. The van der Waals surface area contributed by atoms with E-state index in [1.54, 1.807) is 35.2 Å². The Kier molecular flexibility index (Phi) is 16.5. The molecule has 12 heteroatoms. The molecule has 12 nitrogen and oxygen atoms in total. The maximum Gasteiger partial charge on any atom is 0.329 e. The summed E-state index contributed by atoms with van der Waals surface area (Å²) in [7, 11) is 4.70. The summed E-state index contributed by atoms with van der Waals surface area (Å²) >= 11 is 0. The number of nitrogens with zero attached hydrogens (tertiary/aromatic N) is 1. The van der Waals surface area contributed by atoms with Crippen LogP contribution < -0.4 is 0 Å². The first-order valence-corrected chi connectivity index (χ1v) is 21.1. The van der Waals surface area contributed by atoms with Crippen LogP contribution in [0.15, 0.2) is 23.3 Å². The van der Waals surface area contributed by atoms with Crippen molar-refractivity contribution in [3.8, 4) is 0 Å². The number of piperidine rings is 1. The summed E-state index contributed by atoms with van der Waals surface area (Å²) in [6.45, 7) is 13.6. The largest absolute Gasteiger partial charge is 0.456 e. The van der Waals surface area contributed by atoms with Crippen LogP contribution in [0.4, 0.5) is 0 Å². The molecule has 2 bridgehead atoms. The molecule has 0 aromatic carbocycles. The topological polar surface area (TPSA) is 158 Å². The number of carbonyl (C=O) groups is 4. The lowest BCUT2D eigenvalue weighted by Crippen LogP contribution is -2.64. The van der Waals surface area contributed by atoms with Gasteiger partial charge in [0.15, 0.2) is 0 Å². The van der Waals surface area contributed by atoms with Crippen LogP contribution >= 0.6 is 0 Å². The number of Topliss-reactive ketones (excluding diaryl/α,β-unsaturated/α-hetero) is 2. The SMILES string of the molecule is CCC1/C=C(\C)CC(C)CC(OC)C2OC(O)(C(=O)C(=O)N3CCCCC3C(=O)OC(C(C)=CC3CCC(C)(O)C(OC)C3)C(C)CCC1=O)C(C)CC2OC. The van der Waals surface area contributed by atoms with E-state index in [1.165, 1.54) is 4.90 Å². The Balaban J connectivity index is 1.74. The number of allylic oxidation sites excluding steroid dienone is 3. The molecule has 13 atom stereocenters. The third-order valence-electron chi connectivity index (χ3n) is 13.2. The second-order valence-electron chi connectivity index (χ2n) is 17.7. The Labute approximate surface area is 335 Å². The van der Waals surface area contributed by atoms with Crippen molar-refractivity contribution < 1.29 is 53.1 Å². The van der Waals surface area contributed by atoms with Gasteiger partial charge in [0, 0.05) is 46.1 Å². The Morgan fingerprint density at radius 2 is 1.64 bits per heavy atom. The van der Waals surface area contributed by atoms with Gasteiger partial charge in [-0.2, -0.15) is 0 Å². The van der Waals surface area contributed by atoms with E-state index in [9.17, 15) is 29.4 Å². The summed E-state index contributed by atoms with van der Waals surface area (Å²) < 4.78 is 30.0. The average Bonchev–Trinajstić information content (AvgIpc) is 3.17. The van der Waals surface area contributed by atoms with E-state index in [1.807, 2.05) is 27.7 Å². The molecule has 2 N–H and O–H groups in total. The van der Waals surface area contributed by atoms with Gasteiger partial charge in [-0.1, -0.05) is 45.4 Å². The maximum absolute atomic E-state index is 14.3. The van der Waals surface area contributed by atoms with Crippen LogP contribution in [0.5, 0.6) is 0 Å². The van der Waals surface area contributed by atoms with Crippen LogP contribution in [-0.4, -0.2) is 114 Å². The first-order chi connectivity index (χ1) is 26.4. The molecule has 4 aliphatic rings. The van der Waals surface area contributed by atoms with Crippen molar-refractivity contribution in [2.75, 3.05) is 27.9 Å². The molecule has 13 unspecified atom stereocenters. The molecule has 3 aliphatic heterocycles. The van der Waals surface area contributed by atoms with Gasteiger partial charge in [-0.05, 0) is 115 Å². The van der Waals surface area contributed by atoms with Gasteiger partial charge in [-0.15, -0.1) is 0 Å². The van der Waals surface area contributed by atoms with E-state index in [0.717, 1.165) is 17.6 Å². The molecular weight excluding hydrogens is 718 g/mol. The highest BCUT2D eigenvalue weighted by atomic mass is 16.7. The number of aliphatic hydroxyl groups is 2. The van der Waals surface area contributed by atoms with Gasteiger partial charge in [0.25, 0.3) is 11.7 Å². The number of ketones is 2. The van der Waals surface area contributed by atoms with E-state index in [-0.39, 0.29) is 48.5 Å². The lowest BCUT2D eigenvalue weighted by Gasteiger charge is -2.47. The molecule has 1 aliphatic carbocycles. The summed E-state index contributed by atoms with van der Waals surface area (Å²) in [5, 5.41) is 22.9. The van der Waals surface area contributed by atoms with Crippen LogP contribution in [0.1, 0.15) is 126 Å². The Morgan fingerprint density at radius 3 is 2.29 bits per heavy atom. The monoisotopic (exact) mass is 790 g/mol. The normalized spacial score (nSPS) is 41.6.